The maximum atomic E-state index is 12.5. The van der Waals surface area contributed by atoms with E-state index in [1.807, 2.05) is 0 Å². The molecule has 0 saturated heterocycles. The number of hydrogen-bond donors (Lipinski definition) is 2. The number of rotatable bonds is 8. The van der Waals surface area contributed by atoms with Crippen LogP contribution < -0.4 is 15.4 Å². The van der Waals surface area contributed by atoms with E-state index in [4.69, 9.17) is 21.1 Å². The van der Waals surface area contributed by atoms with Gasteiger partial charge in [-0.1, -0.05) is 23.7 Å². The lowest BCUT2D eigenvalue weighted by atomic mass is 10.2. The number of nitro benzene ring substituents is 1. The third-order valence-corrected chi connectivity index (χ3v) is 4.82. The van der Waals surface area contributed by atoms with Crippen LogP contribution in [-0.2, 0) is 9.53 Å². The van der Waals surface area contributed by atoms with Gasteiger partial charge in [0.1, 0.15) is 5.75 Å². The Morgan fingerprint density at radius 2 is 1.71 bits per heavy atom. The first-order chi connectivity index (χ1) is 16.3. The van der Waals surface area contributed by atoms with Crippen molar-refractivity contribution in [3.05, 3.63) is 93.0 Å². The van der Waals surface area contributed by atoms with Gasteiger partial charge in [-0.3, -0.25) is 19.7 Å². The van der Waals surface area contributed by atoms with Crippen LogP contribution >= 0.6 is 11.6 Å². The number of para-hydroxylation sites is 2. The van der Waals surface area contributed by atoms with Crippen LogP contribution in [0.2, 0.25) is 5.02 Å². The molecule has 0 aromatic heterocycles. The largest absolute Gasteiger partial charge is 0.495 e. The van der Waals surface area contributed by atoms with Crippen LogP contribution in [0.25, 0.3) is 0 Å². The van der Waals surface area contributed by atoms with Gasteiger partial charge in [-0.2, -0.15) is 0 Å². The van der Waals surface area contributed by atoms with Gasteiger partial charge in [0.2, 0.25) is 0 Å². The van der Waals surface area contributed by atoms with Crippen molar-refractivity contribution in [2.45, 2.75) is 0 Å². The number of esters is 1. The van der Waals surface area contributed by atoms with Crippen LogP contribution in [0.5, 0.6) is 5.75 Å². The van der Waals surface area contributed by atoms with Gasteiger partial charge in [-0.05, 0) is 42.5 Å². The lowest BCUT2D eigenvalue weighted by molar-refractivity contribution is -0.384. The molecule has 0 aliphatic carbocycles. The molecule has 0 spiro atoms. The summed E-state index contributed by atoms with van der Waals surface area (Å²) < 4.78 is 10.1. The summed E-state index contributed by atoms with van der Waals surface area (Å²) >= 11 is 5.88. The standard InChI is InChI=1S/C23H18ClN3O7/c1-33-20-5-3-2-4-19(20)26-22(29)14-6-8-15(9-7-14)25-21(28)13-34-23(30)17-11-10-16(27(31)32)12-18(17)24/h2-12H,13H2,1H3,(H,25,28)(H,26,29). The maximum absolute atomic E-state index is 12.5. The summed E-state index contributed by atoms with van der Waals surface area (Å²) in [5, 5.41) is 15.8. The number of non-ortho nitro benzene ring substituents is 1. The van der Waals surface area contributed by atoms with Gasteiger partial charge in [-0.25, -0.2) is 4.79 Å². The van der Waals surface area contributed by atoms with Crippen molar-refractivity contribution < 1.29 is 28.8 Å². The fourth-order valence-electron chi connectivity index (χ4n) is 2.84. The lowest BCUT2D eigenvalue weighted by Gasteiger charge is -2.10. The highest BCUT2D eigenvalue weighted by Gasteiger charge is 2.17. The first-order valence-electron chi connectivity index (χ1n) is 9.74. The van der Waals surface area contributed by atoms with Gasteiger partial charge in [0.25, 0.3) is 17.5 Å². The van der Waals surface area contributed by atoms with Crippen molar-refractivity contribution >= 4 is 46.4 Å². The Balaban J connectivity index is 1.54. The molecular formula is C23H18ClN3O7. The van der Waals surface area contributed by atoms with E-state index >= 15 is 0 Å². The Labute approximate surface area is 198 Å². The summed E-state index contributed by atoms with van der Waals surface area (Å²) in [5.41, 5.74) is 0.860. The highest BCUT2D eigenvalue weighted by Crippen LogP contribution is 2.24. The van der Waals surface area contributed by atoms with Crippen molar-refractivity contribution in [2.24, 2.45) is 0 Å². The smallest absolute Gasteiger partial charge is 0.340 e. The van der Waals surface area contributed by atoms with Crippen LogP contribution in [0.4, 0.5) is 17.1 Å². The number of carbonyl (C=O) groups is 3. The van der Waals surface area contributed by atoms with Crippen molar-refractivity contribution in [3.8, 4) is 5.75 Å². The number of nitrogens with one attached hydrogen (secondary N) is 2. The Hall–Kier alpha value is -4.44. The molecule has 174 valence electrons. The third kappa shape index (κ3) is 6.08. The van der Waals surface area contributed by atoms with E-state index in [9.17, 15) is 24.5 Å². The first kappa shape index (κ1) is 24.2. The minimum absolute atomic E-state index is 0.106. The van der Waals surface area contributed by atoms with Crippen molar-refractivity contribution in [1.29, 1.82) is 0 Å². The molecule has 3 aromatic carbocycles. The zero-order valence-electron chi connectivity index (χ0n) is 17.7. The van der Waals surface area contributed by atoms with Gasteiger partial charge >= 0.3 is 5.97 Å². The molecule has 0 atom stereocenters. The van der Waals surface area contributed by atoms with E-state index in [1.54, 1.807) is 24.3 Å². The predicted molar refractivity (Wildman–Crippen MR) is 124 cm³/mol. The number of nitro groups is 1. The summed E-state index contributed by atoms with van der Waals surface area (Å²) in [6, 6.07) is 16.3. The SMILES string of the molecule is COc1ccccc1NC(=O)c1ccc(NC(=O)COC(=O)c2ccc([N+](=O)[O-])cc2Cl)cc1. The Kier molecular flexibility index (Phi) is 7.78. The summed E-state index contributed by atoms with van der Waals surface area (Å²) in [6.45, 7) is -0.609. The molecule has 10 nitrogen and oxygen atoms in total. The Bertz CT molecular complexity index is 1250. The van der Waals surface area contributed by atoms with Crippen molar-refractivity contribution in [3.63, 3.8) is 0 Å². The average Bonchev–Trinajstić information content (AvgIpc) is 2.83. The number of carbonyl (C=O) groups excluding carboxylic acids is 3. The quantitative estimate of drug-likeness (QED) is 0.277. The zero-order chi connectivity index (χ0) is 24.7. The van der Waals surface area contributed by atoms with E-state index in [1.165, 1.54) is 31.4 Å². The molecule has 0 aliphatic rings. The Morgan fingerprint density at radius 1 is 1.00 bits per heavy atom. The minimum Gasteiger partial charge on any atom is -0.495 e. The number of ether oxygens (including phenoxy) is 2. The molecule has 0 radical (unpaired) electrons. The molecule has 0 heterocycles. The number of anilines is 2. The fraction of sp³-hybridized carbons (Fsp3) is 0.0870. The lowest BCUT2D eigenvalue weighted by Crippen LogP contribution is -2.21. The van der Waals surface area contributed by atoms with Gasteiger partial charge in [-0.15, -0.1) is 0 Å². The topological polar surface area (TPSA) is 137 Å². The molecule has 3 aromatic rings. The molecule has 34 heavy (non-hydrogen) atoms. The van der Waals surface area contributed by atoms with E-state index in [-0.39, 0.29) is 22.2 Å². The fourth-order valence-corrected chi connectivity index (χ4v) is 3.09. The van der Waals surface area contributed by atoms with Gasteiger partial charge in [0.15, 0.2) is 6.61 Å². The summed E-state index contributed by atoms with van der Waals surface area (Å²) in [5.74, 6) is -1.38. The maximum Gasteiger partial charge on any atom is 0.340 e. The average molecular weight is 484 g/mol. The number of hydrogen-bond acceptors (Lipinski definition) is 7. The molecule has 0 aliphatic heterocycles. The molecular weight excluding hydrogens is 466 g/mol. The molecule has 0 fully saturated rings. The monoisotopic (exact) mass is 483 g/mol. The number of benzene rings is 3. The highest BCUT2D eigenvalue weighted by molar-refractivity contribution is 6.33. The van der Waals surface area contributed by atoms with Crippen LogP contribution in [0.15, 0.2) is 66.7 Å². The van der Waals surface area contributed by atoms with E-state index in [2.05, 4.69) is 10.6 Å². The van der Waals surface area contributed by atoms with Gasteiger partial charge in [0, 0.05) is 23.4 Å². The van der Waals surface area contributed by atoms with E-state index in [0.29, 0.717) is 22.7 Å². The molecule has 11 heteroatoms. The second kappa shape index (κ2) is 10.9. The number of nitrogens with zero attached hydrogens (tertiary/aromatic N) is 1. The molecule has 2 N–H and O–H groups in total. The van der Waals surface area contributed by atoms with E-state index in [0.717, 1.165) is 18.2 Å². The summed E-state index contributed by atoms with van der Waals surface area (Å²) in [6.07, 6.45) is 0. The predicted octanol–water partition coefficient (Wildman–Crippen LogP) is 4.30. The minimum atomic E-state index is -0.904. The van der Waals surface area contributed by atoms with Crippen LogP contribution in [-0.4, -0.2) is 36.4 Å². The first-order valence-corrected chi connectivity index (χ1v) is 10.1. The van der Waals surface area contributed by atoms with Crippen molar-refractivity contribution in [1.82, 2.24) is 0 Å². The normalized spacial score (nSPS) is 10.2. The molecule has 0 bridgehead atoms. The van der Waals surface area contributed by atoms with Crippen LogP contribution in [0.1, 0.15) is 20.7 Å². The summed E-state index contributed by atoms with van der Waals surface area (Å²) in [4.78, 5) is 46.8. The Morgan fingerprint density at radius 3 is 2.35 bits per heavy atom. The summed E-state index contributed by atoms with van der Waals surface area (Å²) in [7, 11) is 1.50. The number of methoxy groups -OCH3 is 1. The van der Waals surface area contributed by atoms with Crippen LogP contribution in [0.3, 0.4) is 0 Å². The van der Waals surface area contributed by atoms with Gasteiger partial charge in [0.05, 0.1) is 28.3 Å². The molecule has 0 saturated carbocycles. The third-order valence-electron chi connectivity index (χ3n) is 4.50. The van der Waals surface area contributed by atoms with E-state index < -0.39 is 23.4 Å². The number of halogens is 1. The zero-order valence-corrected chi connectivity index (χ0v) is 18.5. The highest BCUT2D eigenvalue weighted by atomic mass is 35.5. The number of amides is 2. The van der Waals surface area contributed by atoms with Crippen molar-refractivity contribution in [2.75, 3.05) is 24.4 Å². The second-order valence-corrected chi connectivity index (χ2v) is 7.18. The molecule has 0 unspecified atom stereocenters. The second-order valence-electron chi connectivity index (χ2n) is 6.78. The molecule has 3 rings (SSSR count). The van der Waals surface area contributed by atoms with Crippen LogP contribution in [0, 0.1) is 10.1 Å². The molecule has 2 amide bonds. The van der Waals surface area contributed by atoms with Gasteiger partial charge < -0.3 is 20.1 Å².